The zero-order valence-electron chi connectivity index (χ0n) is 22.6. The van der Waals surface area contributed by atoms with Crippen LogP contribution >= 0.6 is 11.6 Å². The zero-order chi connectivity index (χ0) is 28.6. The fraction of sp³-hybridized carbons (Fsp3) is 0.310. The Morgan fingerprint density at radius 3 is 2.23 bits per heavy atom. The molecule has 0 heterocycles. The highest BCUT2D eigenvalue weighted by Gasteiger charge is 2.33. The maximum atomic E-state index is 14.0. The third-order valence-corrected chi connectivity index (χ3v) is 7.63. The molecule has 0 fully saturated rings. The van der Waals surface area contributed by atoms with E-state index in [2.05, 4.69) is 5.32 Å². The second kappa shape index (κ2) is 13.5. The number of carbonyl (C=O) groups is 2. The van der Waals surface area contributed by atoms with Crippen LogP contribution in [-0.2, 0) is 32.6 Å². The summed E-state index contributed by atoms with van der Waals surface area (Å²) in [6, 6.07) is 20.7. The highest BCUT2D eigenvalue weighted by molar-refractivity contribution is 7.92. The monoisotopic (exact) mass is 571 g/mol. The first-order valence-electron chi connectivity index (χ1n) is 12.5. The lowest BCUT2D eigenvalue weighted by Gasteiger charge is -2.33. The lowest BCUT2D eigenvalue weighted by atomic mass is 10.0. The van der Waals surface area contributed by atoms with Gasteiger partial charge in [-0.05, 0) is 43.2 Å². The lowest BCUT2D eigenvalue weighted by molar-refractivity contribution is -0.140. The number of amides is 2. The van der Waals surface area contributed by atoms with Gasteiger partial charge in [-0.3, -0.25) is 13.9 Å². The number of benzene rings is 3. The number of hydrogen-bond donors (Lipinski definition) is 1. The van der Waals surface area contributed by atoms with Crippen LogP contribution in [0.2, 0.25) is 5.02 Å². The first-order valence-corrected chi connectivity index (χ1v) is 14.7. The van der Waals surface area contributed by atoms with Crippen LogP contribution in [-0.4, -0.2) is 57.6 Å². The highest BCUT2D eigenvalue weighted by Crippen LogP contribution is 2.30. The third kappa shape index (κ3) is 8.21. The highest BCUT2D eigenvalue weighted by atomic mass is 35.5. The topological polar surface area (TPSA) is 96.0 Å². The minimum Gasteiger partial charge on any atom is -0.495 e. The number of nitrogens with zero attached hydrogens (tertiary/aromatic N) is 2. The van der Waals surface area contributed by atoms with Gasteiger partial charge < -0.3 is 15.0 Å². The molecule has 3 aromatic rings. The summed E-state index contributed by atoms with van der Waals surface area (Å²) in [5.74, 6) is -0.472. The first kappa shape index (κ1) is 30.0. The van der Waals surface area contributed by atoms with E-state index in [-0.39, 0.29) is 29.6 Å². The predicted molar refractivity (Wildman–Crippen MR) is 155 cm³/mol. The molecule has 0 aromatic heterocycles. The van der Waals surface area contributed by atoms with Crippen molar-refractivity contribution in [2.24, 2.45) is 0 Å². The van der Waals surface area contributed by atoms with E-state index in [0.717, 1.165) is 27.3 Å². The molecule has 10 heteroatoms. The number of halogens is 1. The van der Waals surface area contributed by atoms with Crippen LogP contribution in [0.25, 0.3) is 0 Å². The van der Waals surface area contributed by atoms with Crippen molar-refractivity contribution in [2.45, 2.75) is 32.9 Å². The molecule has 3 rings (SSSR count). The first-order chi connectivity index (χ1) is 18.5. The quantitative estimate of drug-likeness (QED) is 0.351. The van der Waals surface area contributed by atoms with Crippen LogP contribution in [0.4, 0.5) is 5.69 Å². The van der Waals surface area contributed by atoms with Crippen molar-refractivity contribution in [1.29, 1.82) is 0 Å². The largest absolute Gasteiger partial charge is 0.495 e. The predicted octanol–water partition coefficient (Wildman–Crippen LogP) is 4.20. The van der Waals surface area contributed by atoms with E-state index in [9.17, 15) is 18.0 Å². The van der Waals surface area contributed by atoms with E-state index >= 15 is 0 Å². The molecule has 8 nitrogen and oxygen atoms in total. The summed E-state index contributed by atoms with van der Waals surface area (Å²) >= 11 is 6.27. The molecule has 0 unspecified atom stereocenters. The van der Waals surface area contributed by atoms with Gasteiger partial charge >= 0.3 is 0 Å². The molecule has 39 heavy (non-hydrogen) atoms. The van der Waals surface area contributed by atoms with Crippen molar-refractivity contribution in [3.63, 3.8) is 0 Å². The molecular weight excluding hydrogens is 538 g/mol. The fourth-order valence-electron chi connectivity index (χ4n) is 4.16. The minimum atomic E-state index is -3.89. The molecule has 0 saturated heterocycles. The van der Waals surface area contributed by atoms with Crippen LogP contribution in [0, 0.1) is 6.92 Å². The third-order valence-electron chi connectivity index (χ3n) is 6.20. The minimum absolute atomic E-state index is 0.120. The Labute approximate surface area is 235 Å². The smallest absolute Gasteiger partial charge is 0.244 e. The van der Waals surface area contributed by atoms with Gasteiger partial charge in [0.25, 0.3) is 0 Å². The number of nitrogens with one attached hydrogen (secondary N) is 1. The number of carbonyl (C=O) groups excluding carboxylic acids is 2. The van der Waals surface area contributed by atoms with Crippen LogP contribution in [0.5, 0.6) is 5.75 Å². The van der Waals surface area contributed by atoms with Crippen LogP contribution in [0.15, 0.2) is 72.8 Å². The number of rotatable bonds is 12. The second-order valence-electron chi connectivity index (χ2n) is 9.20. The SMILES string of the molecule is CCNC(=O)[C@H](Cc1ccccc1)N(Cc1ccc(C)cc1)C(=O)CN(c1ccc(OC)c(Cl)c1)S(C)(=O)=O. The van der Waals surface area contributed by atoms with E-state index in [0.29, 0.717) is 12.3 Å². The van der Waals surface area contributed by atoms with Crippen molar-refractivity contribution in [2.75, 3.05) is 30.8 Å². The second-order valence-corrected chi connectivity index (χ2v) is 11.5. The maximum Gasteiger partial charge on any atom is 0.244 e. The molecule has 0 radical (unpaired) electrons. The molecule has 1 N–H and O–H groups in total. The van der Waals surface area contributed by atoms with E-state index in [1.807, 2.05) is 68.4 Å². The van der Waals surface area contributed by atoms with Crippen molar-refractivity contribution in [3.05, 3.63) is 94.5 Å². The summed E-state index contributed by atoms with van der Waals surface area (Å²) in [6.45, 7) is 3.76. The van der Waals surface area contributed by atoms with Gasteiger partial charge in [0.15, 0.2) is 0 Å². The van der Waals surface area contributed by atoms with Crippen molar-refractivity contribution in [3.8, 4) is 5.75 Å². The molecule has 0 aliphatic rings. The van der Waals surface area contributed by atoms with Crippen LogP contribution < -0.4 is 14.4 Å². The fourth-order valence-corrected chi connectivity index (χ4v) is 5.25. The molecule has 1 atom stereocenters. The van der Waals surface area contributed by atoms with Gasteiger partial charge in [0, 0.05) is 19.5 Å². The number of methoxy groups -OCH3 is 1. The Morgan fingerprint density at radius 1 is 1.00 bits per heavy atom. The number of likely N-dealkylation sites (N-methyl/N-ethyl adjacent to an activating group) is 1. The van der Waals surface area contributed by atoms with Gasteiger partial charge in [-0.15, -0.1) is 0 Å². The van der Waals surface area contributed by atoms with E-state index < -0.39 is 28.5 Å². The molecule has 208 valence electrons. The molecule has 0 aliphatic carbocycles. The molecule has 0 bridgehead atoms. The number of ether oxygens (including phenoxy) is 1. The normalized spacial score (nSPS) is 11.9. The summed E-state index contributed by atoms with van der Waals surface area (Å²) < 4.78 is 31.9. The Bertz CT molecular complexity index is 1380. The number of aryl methyl sites for hydroxylation is 1. The van der Waals surface area contributed by atoms with Crippen molar-refractivity contribution < 1.29 is 22.7 Å². The summed E-state index contributed by atoms with van der Waals surface area (Å²) in [5, 5.41) is 3.04. The summed E-state index contributed by atoms with van der Waals surface area (Å²) in [4.78, 5) is 28.8. The Morgan fingerprint density at radius 2 is 1.67 bits per heavy atom. The summed E-state index contributed by atoms with van der Waals surface area (Å²) in [7, 11) is -2.44. The average molecular weight is 572 g/mol. The Kier molecular flexibility index (Phi) is 10.4. The van der Waals surface area contributed by atoms with Gasteiger partial charge in [-0.1, -0.05) is 71.8 Å². The van der Waals surface area contributed by atoms with Crippen molar-refractivity contribution >= 4 is 39.1 Å². The number of hydrogen-bond acceptors (Lipinski definition) is 5. The van der Waals surface area contributed by atoms with E-state index in [1.165, 1.54) is 30.2 Å². The van der Waals surface area contributed by atoms with Crippen LogP contribution in [0.1, 0.15) is 23.6 Å². The van der Waals surface area contributed by atoms with Gasteiger partial charge in [-0.2, -0.15) is 0 Å². The molecule has 0 spiro atoms. The number of anilines is 1. The molecule has 2 amide bonds. The summed E-state index contributed by atoms with van der Waals surface area (Å²) in [6.07, 6.45) is 1.28. The average Bonchev–Trinajstić information content (AvgIpc) is 2.90. The molecule has 3 aromatic carbocycles. The van der Waals surface area contributed by atoms with Crippen LogP contribution in [0.3, 0.4) is 0 Å². The van der Waals surface area contributed by atoms with Gasteiger partial charge in [0.2, 0.25) is 21.8 Å². The Hall–Kier alpha value is -3.56. The van der Waals surface area contributed by atoms with Crippen molar-refractivity contribution in [1.82, 2.24) is 10.2 Å². The standard InChI is InChI=1S/C29H34ClN3O5S/c1-5-31-29(35)26(17-22-9-7-6-8-10-22)32(19-23-13-11-21(2)12-14-23)28(34)20-33(39(4,36)37)24-15-16-27(38-3)25(30)18-24/h6-16,18,26H,5,17,19-20H2,1-4H3,(H,31,35)/t26-/m0/s1. The lowest BCUT2D eigenvalue weighted by Crippen LogP contribution is -2.53. The van der Waals surface area contributed by atoms with Gasteiger partial charge in [-0.25, -0.2) is 8.42 Å². The zero-order valence-corrected chi connectivity index (χ0v) is 24.1. The number of sulfonamides is 1. The van der Waals surface area contributed by atoms with E-state index in [1.54, 1.807) is 0 Å². The van der Waals surface area contributed by atoms with E-state index in [4.69, 9.17) is 16.3 Å². The molecular formula is C29H34ClN3O5S. The van der Waals surface area contributed by atoms with Gasteiger partial charge in [0.1, 0.15) is 18.3 Å². The molecule has 0 aliphatic heterocycles. The Balaban J connectivity index is 2.04. The molecule has 0 saturated carbocycles. The van der Waals surface area contributed by atoms with Gasteiger partial charge in [0.05, 0.1) is 24.1 Å². The summed E-state index contributed by atoms with van der Waals surface area (Å²) in [5.41, 5.74) is 2.96. The maximum absolute atomic E-state index is 14.0.